The summed E-state index contributed by atoms with van der Waals surface area (Å²) in [6.07, 6.45) is 7.96. The van der Waals surface area contributed by atoms with Gasteiger partial charge in [0.2, 0.25) is 0 Å². The average molecular weight is 462 g/mol. The highest BCUT2D eigenvalue weighted by molar-refractivity contribution is 6.34. The van der Waals surface area contributed by atoms with Crippen LogP contribution in [0.3, 0.4) is 0 Å². The molecule has 31 heavy (non-hydrogen) atoms. The Morgan fingerprint density at radius 2 is 2.00 bits per heavy atom. The number of carbonyl (C=O) groups excluding carboxylic acids is 1. The van der Waals surface area contributed by atoms with Gasteiger partial charge in [0, 0.05) is 36.1 Å². The summed E-state index contributed by atoms with van der Waals surface area (Å²) in [4.78, 5) is 26.2. The highest BCUT2D eigenvalue weighted by Gasteiger charge is 2.53. The van der Waals surface area contributed by atoms with Crippen LogP contribution in [0, 0.1) is 5.41 Å². The van der Waals surface area contributed by atoms with Gasteiger partial charge in [0.15, 0.2) is 5.78 Å². The van der Waals surface area contributed by atoms with Crippen LogP contribution in [0.15, 0.2) is 23.1 Å². The molecule has 0 unspecified atom stereocenters. The van der Waals surface area contributed by atoms with Crippen LogP contribution in [-0.4, -0.2) is 46.6 Å². The van der Waals surface area contributed by atoms with Crippen molar-refractivity contribution in [2.75, 3.05) is 19.6 Å². The second-order valence-corrected chi connectivity index (χ2v) is 9.96. The van der Waals surface area contributed by atoms with Crippen molar-refractivity contribution in [3.8, 4) is 5.75 Å². The van der Waals surface area contributed by atoms with Crippen LogP contribution in [0.25, 0.3) is 0 Å². The van der Waals surface area contributed by atoms with E-state index in [1.165, 1.54) is 0 Å². The van der Waals surface area contributed by atoms with Crippen LogP contribution in [0.2, 0.25) is 10.0 Å². The van der Waals surface area contributed by atoms with E-state index in [4.69, 9.17) is 27.9 Å². The maximum absolute atomic E-state index is 12.3. The first-order valence-electron chi connectivity index (χ1n) is 10.9. The summed E-state index contributed by atoms with van der Waals surface area (Å²) in [5, 5.41) is 6.97. The summed E-state index contributed by atoms with van der Waals surface area (Å²) in [5.41, 5.74) is 2.52. The molecule has 0 radical (unpaired) electrons. The standard InChI is InChI=1S/C23H25Cl2N3O3/c24-17-6-7-19(16-4-1-5-18(29)20(16)17)31-15-9-23(10-15)12-28(13-23)8-2-3-14-11-26-27-22(30)21(14)25/h6-7,11,15H,1-5,8-10,12-13H2,(H,27,30). The highest BCUT2D eigenvalue weighted by Crippen LogP contribution is 2.50. The molecule has 6 nitrogen and oxygen atoms in total. The van der Waals surface area contributed by atoms with Crippen LogP contribution < -0.4 is 10.3 Å². The fourth-order valence-corrected chi connectivity index (χ4v) is 5.85. The summed E-state index contributed by atoms with van der Waals surface area (Å²) >= 11 is 12.3. The number of ketones is 1. The molecule has 0 atom stereocenters. The van der Waals surface area contributed by atoms with Gasteiger partial charge in [0.05, 0.1) is 17.3 Å². The van der Waals surface area contributed by atoms with E-state index < -0.39 is 0 Å². The molecule has 1 saturated carbocycles. The zero-order valence-electron chi connectivity index (χ0n) is 17.3. The predicted octanol–water partition coefficient (Wildman–Crippen LogP) is 4.07. The van der Waals surface area contributed by atoms with Gasteiger partial charge in [-0.2, -0.15) is 5.10 Å². The minimum atomic E-state index is -0.325. The molecule has 164 valence electrons. The molecule has 1 N–H and O–H groups in total. The summed E-state index contributed by atoms with van der Waals surface area (Å²) in [7, 11) is 0. The molecular formula is C23H25Cl2N3O3. The van der Waals surface area contributed by atoms with E-state index in [1.807, 2.05) is 6.07 Å². The normalized spacial score (nSPS) is 20.3. The number of nitrogens with one attached hydrogen (secondary N) is 1. The molecule has 1 spiro atoms. The van der Waals surface area contributed by atoms with Crippen molar-refractivity contribution in [2.24, 2.45) is 5.41 Å². The molecule has 2 aliphatic carbocycles. The molecule has 2 heterocycles. The first kappa shape index (κ1) is 21.0. The highest BCUT2D eigenvalue weighted by atomic mass is 35.5. The van der Waals surface area contributed by atoms with Gasteiger partial charge in [-0.3, -0.25) is 9.59 Å². The number of likely N-dealkylation sites (tertiary alicyclic amines) is 1. The van der Waals surface area contributed by atoms with Crippen molar-refractivity contribution in [3.05, 3.63) is 55.4 Å². The van der Waals surface area contributed by atoms with E-state index >= 15 is 0 Å². The van der Waals surface area contributed by atoms with E-state index in [1.54, 1.807) is 12.3 Å². The number of aromatic nitrogens is 2. The maximum Gasteiger partial charge on any atom is 0.283 e. The third kappa shape index (κ3) is 4.01. The lowest BCUT2D eigenvalue weighted by molar-refractivity contribution is -0.119. The third-order valence-corrected chi connectivity index (χ3v) is 7.58. The number of fused-ring (bicyclic) bond motifs is 1. The number of benzene rings is 1. The van der Waals surface area contributed by atoms with Crippen molar-refractivity contribution in [1.82, 2.24) is 15.1 Å². The van der Waals surface area contributed by atoms with Gasteiger partial charge in [-0.25, -0.2) is 5.10 Å². The molecular weight excluding hydrogens is 437 g/mol. The minimum absolute atomic E-state index is 0.133. The number of rotatable bonds is 6. The van der Waals surface area contributed by atoms with Gasteiger partial charge < -0.3 is 9.64 Å². The van der Waals surface area contributed by atoms with Crippen molar-refractivity contribution < 1.29 is 9.53 Å². The number of hydrogen-bond donors (Lipinski definition) is 1. The minimum Gasteiger partial charge on any atom is -0.490 e. The number of H-pyrrole nitrogens is 1. The first-order chi connectivity index (χ1) is 14.9. The van der Waals surface area contributed by atoms with Crippen LogP contribution in [0.5, 0.6) is 5.75 Å². The lowest BCUT2D eigenvalue weighted by Gasteiger charge is -2.58. The molecule has 1 aliphatic heterocycles. The Balaban J connectivity index is 1.10. The molecule has 1 aromatic heterocycles. The Morgan fingerprint density at radius 3 is 2.81 bits per heavy atom. The summed E-state index contributed by atoms with van der Waals surface area (Å²) in [5.74, 6) is 0.973. The van der Waals surface area contributed by atoms with Crippen molar-refractivity contribution in [1.29, 1.82) is 0 Å². The molecule has 2 aromatic rings. The Bertz CT molecular complexity index is 1070. The van der Waals surface area contributed by atoms with Crippen molar-refractivity contribution in [3.63, 3.8) is 0 Å². The van der Waals surface area contributed by atoms with Crippen molar-refractivity contribution >= 4 is 29.0 Å². The molecule has 2 fully saturated rings. The molecule has 0 bridgehead atoms. The second-order valence-electron chi connectivity index (χ2n) is 9.18. The van der Waals surface area contributed by atoms with Crippen molar-refractivity contribution in [2.45, 2.75) is 51.0 Å². The molecule has 5 rings (SSSR count). The second kappa shape index (κ2) is 8.23. The van der Waals surface area contributed by atoms with Crippen LogP contribution in [0.1, 0.15) is 53.6 Å². The number of nitrogens with zero attached hydrogens (tertiary/aromatic N) is 2. The quantitative estimate of drug-likeness (QED) is 0.701. The van der Waals surface area contributed by atoms with E-state index in [0.29, 0.717) is 22.4 Å². The number of carbonyl (C=O) groups is 1. The summed E-state index contributed by atoms with van der Waals surface area (Å²) in [6.45, 7) is 3.17. The largest absolute Gasteiger partial charge is 0.490 e. The maximum atomic E-state index is 12.3. The molecule has 1 saturated heterocycles. The lowest BCUT2D eigenvalue weighted by atomic mass is 9.61. The number of Topliss-reactive ketones (excluding diaryl/α,β-unsaturated/α-hetero) is 1. The van der Waals surface area contributed by atoms with Gasteiger partial charge in [0.25, 0.3) is 5.56 Å². The zero-order chi connectivity index (χ0) is 21.6. The lowest BCUT2D eigenvalue weighted by Crippen LogP contribution is -2.64. The first-order valence-corrected chi connectivity index (χ1v) is 11.7. The fourth-order valence-electron chi connectivity index (χ4n) is 5.39. The van der Waals surface area contributed by atoms with Crippen LogP contribution in [-0.2, 0) is 12.8 Å². The number of ether oxygens (including phenoxy) is 1. The Hall–Kier alpha value is -1.89. The van der Waals surface area contributed by atoms with E-state index in [0.717, 1.165) is 75.0 Å². The third-order valence-electron chi connectivity index (χ3n) is 6.85. The van der Waals surface area contributed by atoms with Gasteiger partial charge in [-0.05, 0) is 62.8 Å². The zero-order valence-corrected chi connectivity index (χ0v) is 18.8. The molecule has 8 heteroatoms. The molecule has 0 amide bonds. The topological polar surface area (TPSA) is 75.3 Å². The molecule has 3 aliphatic rings. The summed E-state index contributed by atoms with van der Waals surface area (Å²) in [6, 6.07) is 3.72. The predicted molar refractivity (Wildman–Crippen MR) is 119 cm³/mol. The number of aromatic amines is 1. The Morgan fingerprint density at radius 1 is 1.19 bits per heavy atom. The average Bonchev–Trinajstić information content (AvgIpc) is 2.69. The number of halogens is 2. The smallest absolute Gasteiger partial charge is 0.283 e. The van der Waals surface area contributed by atoms with Gasteiger partial charge >= 0.3 is 0 Å². The van der Waals surface area contributed by atoms with E-state index in [2.05, 4.69) is 15.1 Å². The van der Waals surface area contributed by atoms with E-state index in [-0.39, 0.29) is 22.5 Å². The van der Waals surface area contributed by atoms with Crippen LogP contribution in [0.4, 0.5) is 0 Å². The van der Waals surface area contributed by atoms with E-state index in [9.17, 15) is 9.59 Å². The van der Waals surface area contributed by atoms with Gasteiger partial charge in [-0.1, -0.05) is 23.2 Å². The molecule has 1 aromatic carbocycles. The van der Waals surface area contributed by atoms with Gasteiger partial charge in [0.1, 0.15) is 10.8 Å². The van der Waals surface area contributed by atoms with Gasteiger partial charge in [-0.15, -0.1) is 0 Å². The Labute approximate surface area is 190 Å². The van der Waals surface area contributed by atoms with Crippen LogP contribution >= 0.6 is 23.2 Å². The number of hydrogen-bond acceptors (Lipinski definition) is 5. The summed E-state index contributed by atoms with van der Waals surface area (Å²) < 4.78 is 6.30. The Kier molecular flexibility index (Phi) is 5.57. The number of aryl methyl sites for hydroxylation is 1. The monoisotopic (exact) mass is 461 g/mol. The SMILES string of the molecule is O=C1CCCc2c(OC3CC4(C3)CN(CCCc3cn[nH]c(=O)c3Cl)C4)ccc(Cl)c21. The fraction of sp³-hybridized carbons (Fsp3) is 0.522.